The SMILES string of the molecule is [O-]N(O)c1cccc(Nc2nc(OC(C(F)(F)F)C(F)(F)F)nc(OC(C(F)(F)F)C(F)(F)F)n2)c1. The van der Waals surface area contributed by atoms with E-state index in [9.17, 15) is 57.9 Å². The highest BCUT2D eigenvalue weighted by Crippen LogP contribution is 2.38. The maximum Gasteiger partial charge on any atom is 0.434 e. The lowest BCUT2D eigenvalue weighted by Crippen LogP contribution is -2.47. The van der Waals surface area contributed by atoms with E-state index in [4.69, 9.17) is 5.21 Å². The number of ether oxygens (including phenoxy) is 2. The predicted octanol–water partition coefficient (Wildman–Crippen LogP) is 5.05. The summed E-state index contributed by atoms with van der Waals surface area (Å²) < 4.78 is 160. The molecule has 0 saturated carbocycles. The first-order valence-electron chi connectivity index (χ1n) is 8.57. The van der Waals surface area contributed by atoms with Crippen LogP contribution in [0.2, 0.25) is 0 Å². The second-order valence-corrected chi connectivity index (χ2v) is 6.33. The number of aromatic nitrogens is 3. The summed E-state index contributed by atoms with van der Waals surface area (Å²) in [5, 5.41) is 21.0. The van der Waals surface area contributed by atoms with Crippen molar-refractivity contribution in [3.8, 4) is 12.0 Å². The summed E-state index contributed by atoms with van der Waals surface area (Å²) >= 11 is 0. The van der Waals surface area contributed by atoms with E-state index in [-0.39, 0.29) is 5.69 Å². The fourth-order valence-electron chi connectivity index (χ4n) is 2.18. The van der Waals surface area contributed by atoms with E-state index in [0.717, 1.165) is 24.3 Å². The number of hydrogen-bond donors (Lipinski definition) is 2. The second kappa shape index (κ2) is 9.87. The number of rotatable bonds is 7. The fourth-order valence-corrected chi connectivity index (χ4v) is 2.18. The van der Waals surface area contributed by atoms with Gasteiger partial charge in [0.25, 0.3) is 12.2 Å². The minimum atomic E-state index is -6.17. The van der Waals surface area contributed by atoms with Crippen molar-refractivity contribution in [3.05, 3.63) is 29.5 Å². The summed E-state index contributed by atoms with van der Waals surface area (Å²) in [4.78, 5) is 8.45. The van der Waals surface area contributed by atoms with Crippen LogP contribution in [-0.4, -0.2) is 57.1 Å². The van der Waals surface area contributed by atoms with Gasteiger partial charge in [0.15, 0.2) is 0 Å². The van der Waals surface area contributed by atoms with Crippen molar-refractivity contribution < 1.29 is 67.4 Å². The quantitative estimate of drug-likeness (QED) is 0.361. The van der Waals surface area contributed by atoms with E-state index >= 15 is 0 Å². The van der Waals surface area contributed by atoms with Crippen LogP contribution in [0.3, 0.4) is 0 Å². The number of nitrogens with one attached hydrogen (secondary N) is 1. The van der Waals surface area contributed by atoms with E-state index in [2.05, 4.69) is 24.4 Å². The van der Waals surface area contributed by atoms with Crippen LogP contribution >= 0.6 is 0 Å². The van der Waals surface area contributed by atoms with Crippen LogP contribution in [0.15, 0.2) is 24.3 Å². The molecule has 1 aromatic carbocycles. The third-order valence-corrected chi connectivity index (χ3v) is 3.55. The van der Waals surface area contributed by atoms with E-state index in [0.29, 0.717) is 0 Å². The smallest absolute Gasteiger partial charge is 0.434 e. The third-order valence-electron chi connectivity index (χ3n) is 3.55. The molecule has 0 saturated heterocycles. The van der Waals surface area contributed by atoms with Crippen LogP contribution in [-0.2, 0) is 0 Å². The van der Waals surface area contributed by atoms with Crippen molar-refractivity contribution in [2.45, 2.75) is 36.9 Å². The summed E-state index contributed by atoms with van der Waals surface area (Å²) in [6.07, 6.45) is -34.0. The van der Waals surface area contributed by atoms with Gasteiger partial charge in [-0.1, -0.05) is 6.07 Å². The van der Waals surface area contributed by atoms with Gasteiger partial charge in [-0.3, -0.25) is 5.21 Å². The standard InChI is InChI=1S/C15H8F12N5O4/c16-12(17,18)7(13(19,20)21)35-10-29-9(28-5-2-1-3-6(4-5)32(33)34)30-11(31-10)36-8(14(22,23)24)15(25,26)27/h1-4,7-8,33H,(H,28,29,30,31)/q-1. The van der Waals surface area contributed by atoms with Gasteiger partial charge in [0, 0.05) is 5.69 Å². The molecule has 202 valence electrons. The van der Waals surface area contributed by atoms with Crippen LogP contribution in [0.5, 0.6) is 12.0 Å². The molecule has 0 bridgehead atoms. The summed E-state index contributed by atoms with van der Waals surface area (Å²) in [6.45, 7) is 0. The lowest BCUT2D eigenvalue weighted by atomic mass is 10.3. The van der Waals surface area contributed by atoms with E-state index in [1.807, 2.05) is 5.32 Å². The zero-order chi connectivity index (χ0) is 27.7. The Balaban J connectivity index is 2.56. The Kier molecular flexibility index (Phi) is 7.88. The molecular weight excluding hydrogens is 542 g/mol. The molecule has 0 aliphatic heterocycles. The number of nitrogens with zero attached hydrogens (tertiary/aromatic N) is 4. The first-order valence-corrected chi connectivity index (χ1v) is 8.57. The maximum atomic E-state index is 12.8. The largest absolute Gasteiger partial charge is 0.733 e. The zero-order valence-corrected chi connectivity index (χ0v) is 16.5. The Labute approximate surface area is 189 Å². The fraction of sp³-hybridized carbons (Fsp3) is 0.400. The van der Waals surface area contributed by atoms with E-state index in [1.54, 1.807) is 0 Å². The molecule has 2 rings (SSSR count). The number of hydrogen-bond acceptors (Lipinski definition) is 9. The van der Waals surface area contributed by atoms with Crippen molar-refractivity contribution in [2.75, 3.05) is 10.5 Å². The van der Waals surface area contributed by atoms with Crippen molar-refractivity contribution in [1.82, 2.24) is 15.0 Å². The van der Waals surface area contributed by atoms with Crippen LogP contribution in [0.25, 0.3) is 0 Å². The Morgan fingerprint density at radius 2 is 1.17 bits per heavy atom. The maximum absolute atomic E-state index is 12.8. The average Bonchev–Trinajstić information content (AvgIpc) is 2.67. The van der Waals surface area contributed by atoms with Gasteiger partial charge in [-0.2, -0.15) is 62.7 Å². The molecule has 2 aromatic rings. The van der Waals surface area contributed by atoms with Crippen LogP contribution < -0.4 is 20.0 Å². The molecule has 0 amide bonds. The molecule has 36 heavy (non-hydrogen) atoms. The van der Waals surface area contributed by atoms with Crippen LogP contribution in [0.1, 0.15) is 0 Å². The Morgan fingerprint density at radius 1 is 0.750 bits per heavy atom. The minimum absolute atomic E-state index is 0.378. The molecule has 0 atom stereocenters. The van der Waals surface area contributed by atoms with Gasteiger partial charge in [-0.15, -0.1) is 4.98 Å². The molecule has 0 unspecified atom stereocenters. The lowest BCUT2D eigenvalue weighted by molar-refractivity contribution is -0.302. The molecule has 0 fully saturated rings. The second-order valence-electron chi connectivity index (χ2n) is 6.33. The molecule has 0 aliphatic carbocycles. The highest BCUT2D eigenvalue weighted by molar-refractivity contribution is 5.61. The third kappa shape index (κ3) is 7.76. The Morgan fingerprint density at radius 3 is 1.53 bits per heavy atom. The van der Waals surface area contributed by atoms with Gasteiger partial charge in [0.2, 0.25) is 5.95 Å². The summed E-state index contributed by atoms with van der Waals surface area (Å²) in [6, 6.07) is -0.256. The molecule has 21 heteroatoms. The molecule has 0 radical (unpaired) electrons. The monoisotopic (exact) mass is 550 g/mol. The molecule has 2 N–H and O–H groups in total. The van der Waals surface area contributed by atoms with E-state index < -0.39 is 65.8 Å². The number of alkyl halides is 12. The first-order chi connectivity index (χ1) is 16.2. The predicted molar refractivity (Wildman–Crippen MR) is 90.2 cm³/mol. The summed E-state index contributed by atoms with van der Waals surface area (Å²) in [5.41, 5.74) is -0.901. The topological polar surface area (TPSA) is 116 Å². The lowest BCUT2D eigenvalue weighted by Gasteiger charge is -2.24. The highest BCUT2D eigenvalue weighted by Gasteiger charge is 2.61. The van der Waals surface area contributed by atoms with Crippen LogP contribution in [0, 0.1) is 5.21 Å². The molecule has 1 aromatic heterocycles. The summed E-state index contributed by atoms with van der Waals surface area (Å²) in [5.74, 6) is -1.27. The Hall–Kier alpha value is -3.49. The van der Waals surface area contributed by atoms with Crippen LogP contribution in [0.4, 0.5) is 70.0 Å². The minimum Gasteiger partial charge on any atom is -0.733 e. The molecule has 0 spiro atoms. The first kappa shape index (κ1) is 28.7. The van der Waals surface area contributed by atoms with Crippen molar-refractivity contribution in [1.29, 1.82) is 0 Å². The molecule has 1 heterocycles. The van der Waals surface area contributed by atoms with Gasteiger partial charge < -0.3 is 25.2 Å². The van der Waals surface area contributed by atoms with Crippen molar-refractivity contribution in [3.63, 3.8) is 0 Å². The average molecular weight is 550 g/mol. The van der Waals surface area contributed by atoms with Gasteiger partial charge in [0.05, 0.1) is 5.69 Å². The van der Waals surface area contributed by atoms with Gasteiger partial charge in [-0.25, -0.2) is 0 Å². The number of benzene rings is 1. The number of halogens is 12. The normalized spacial score (nSPS) is 13.2. The molecular formula is C15H8F12N5O4-. The Bertz CT molecular complexity index is 961. The zero-order valence-electron chi connectivity index (χ0n) is 16.5. The van der Waals surface area contributed by atoms with E-state index in [1.165, 1.54) is 0 Å². The molecule has 9 nitrogen and oxygen atoms in total. The van der Waals surface area contributed by atoms with Crippen molar-refractivity contribution in [2.24, 2.45) is 0 Å². The van der Waals surface area contributed by atoms with Gasteiger partial charge in [-0.05, 0) is 18.2 Å². The highest BCUT2D eigenvalue weighted by atomic mass is 19.4. The van der Waals surface area contributed by atoms with Gasteiger partial charge in [0.1, 0.15) is 0 Å². The molecule has 0 aliphatic rings. The number of anilines is 3. The summed E-state index contributed by atoms with van der Waals surface area (Å²) in [7, 11) is 0. The van der Waals surface area contributed by atoms with Crippen molar-refractivity contribution >= 4 is 17.3 Å². The van der Waals surface area contributed by atoms with Gasteiger partial charge >= 0.3 is 36.7 Å².